The van der Waals surface area contributed by atoms with Crippen LogP contribution in [0.4, 0.5) is 0 Å². The van der Waals surface area contributed by atoms with Crippen LogP contribution in [0.3, 0.4) is 0 Å². The minimum atomic E-state index is -0.162. The summed E-state index contributed by atoms with van der Waals surface area (Å²) in [5.74, 6) is 0.390. The summed E-state index contributed by atoms with van der Waals surface area (Å²) in [7, 11) is 0. The van der Waals surface area contributed by atoms with Crippen molar-refractivity contribution in [3.63, 3.8) is 0 Å². The van der Waals surface area contributed by atoms with Crippen LogP contribution < -0.4 is 0 Å². The van der Waals surface area contributed by atoms with Crippen LogP contribution in [0, 0.1) is 0 Å². The summed E-state index contributed by atoms with van der Waals surface area (Å²) in [6, 6.07) is 11.1. The zero-order chi connectivity index (χ0) is 14.9. The van der Waals surface area contributed by atoms with Gasteiger partial charge in [0.15, 0.2) is 5.82 Å². The van der Waals surface area contributed by atoms with E-state index in [1.807, 2.05) is 29.6 Å². The molecule has 0 bridgehead atoms. The first-order chi connectivity index (χ1) is 10.8. The van der Waals surface area contributed by atoms with Crippen molar-refractivity contribution in [1.82, 2.24) is 19.5 Å². The molecule has 3 heterocycles. The van der Waals surface area contributed by atoms with E-state index in [1.54, 1.807) is 34.6 Å². The van der Waals surface area contributed by atoms with Gasteiger partial charge in [0.25, 0.3) is 5.91 Å². The first-order valence-electron chi connectivity index (χ1n) is 6.65. The van der Waals surface area contributed by atoms with Gasteiger partial charge in [-0.05, 0) is 24.3 Å². The highest BCUT2D eigenvalue weighted by molar-refractivity contribution is 7.07. The van der Waals surface area contributed by atoms with Gasteiger partial charge in [-0.1, -0.05) is 12.1 Å². The second-order valence-corrected chi connectivity index (χ2v) is 5.40. The van der Waals surface area contributed by atoms with Gasteiger partial charge in [0.1, 0.15) is 5.69 Å². The van der Waals surface area contributed by atoms with Crippen LogP contribution in [0.2, 0.25) is 0 Å². The number of aromatic nitrogens is 4. The molecular weight excluding hydrogens is 296 g/mol. The molecular formula is C16H10N4OS. The fourth-order valence-electron chi connectivity index (χ4n) is 2.34. The van der Waals surface area contributed by atoms with Crippen LogP contribution in [0.25, 0.3) is 22.6 Å². The number of carbonyl (C=O) groups is 1. The van der Waals surface area contributed by atoms with Crippen LogP contribution in [0.15, 0.2) is 59.7 Å². The third-order valence-electron chi connectivity index (χ3n) is 3.33. The Kier molecular flexibility index (Phi) is 3.01. The third-order valence-corrected chi connectivity index (χ3v) is 3.92. The Hall–Kier alpha value is -2.86. The lowest BCUT2D eigenvalue weighted by Crippen LogP contribution is -2.13. The van der Waals surface area contributed by atoms with Crippen molar-refractivity contribution in [2.24, 2.45) is 0 Å². The lowest BCUT2D eigenvalue weighted by Gasteiger charge is -2.06. The summed E-state index contributed by atoms with van der Waals surface area (Å²) in [5.41, 5.74) is 4.47. The van der Waals surface area contributed by atoms with Gasteiger partial charge in [-0.15, -0.1) is 11.3 Å². The van der Waals surface area contributed by atoms with Gasteiger partial charge in [0.2, 0.25) is 0 Å². The predicted octanol–water partition coefficient (Wildman–Crippen LogP) is 3.24. The van der Waals surface area contributed by atoms with E-state index in [0.29, 0.717) is 17.1 Å². The average Bonchev–Trinajstić information content (AvgIpc) is 3.22. The number of nitrogens with zero attached hydrogens (tertiary/aromatic N) is 4. The number of pyridine rings is 1. The zero-order valence-corrected chi connectivity index (χ0v) is 12.2. The van der Waals surface area contributed by atoms with Gasteiger partial charge in [0, 0.05) is 17.8 Å². The molecule has 3 aromatic heterocycles. The molecule has 0 fully saturated rings. The Morgan fingerprint density at radius 3 is 2.82 bits per heavy atom. The number of carbonyl (C=O) groups excluding carboxylic acids is 1. The topological polar surface area (TPSA) is 60.7 Å². The molecule has 0 saturated carbocycles. The van der Waals surface area contributed by atoms with Crippen LogP contribution in [-0.2, 0) is 0 Å². The molecule has 0 spiro atoms. The molecule has 0 N–H and O–H groups in total. The quantitative estimate of drug-likeness (QED) is 0.570. The fraction of sp³-hybridized carbons (Fsp3) is 0. The predicted molar refractivity (Wildman–Crippen MR) is 84.8 cm³/mol. The van der Waals surface area contributed by atoms with E-state index in [-0.39, 0.29) is 5.91 Å². The van der Waals surface area contributed by atoms with Crippen molar-refractivity contribution < 1.29 is 4.79 Å². The van der Waals surface area contributed by atoms with Gasteiger partial charge in [-0.2, -0.15) is 0 Å². The van der Waals surface area contributed by atoms with E-state index in [9.17, 15) is 4.79 Å². The van der Waals surface area contributed by atoms with Crippen molar-refractivity contribution in [3.8, 4) is 11.5 Å². The highest BCUT2D eigenvalue weighted by atomic mass is 32.1. The Balaban J connectivity index is 1.99. The number of rotatable bonds is 2. The number of fused-ring (bicyclic) bond motifs is 1. The SMILES string of the molecule is O=C(c1cccnc1)n1c(-c2cscn2)nc2ccccc21. The first-order valence-corrected chi connectivity index (χ1v) is 7.59. The summed E-state index contributed by atoms with van der Waals surface area (Å²) in [5, 5.41) is 1.88. The molecule has 0 amide bonds. The Labute approximate surface area is 129 Å². The maximum Gasteiger partial charge on any atom is 0.265 e. The number of hydrogen-bond acceptors (Lipinski definition) is 5. The molecule has 1 aromatic carbocycles. The monoisotopic (exact) mass is 306 g/mol. The van der Waals surface area contributed by atoms with Gasteiger partial charge in [-0.25, -0.2) is 9.97 Å². The largest absolute Gasteiger partial charge is 0.268 e. The summed E-state index contributed by atoms with van der Waals surface area (Å²) in [4.78, 5) is 25.8. The highest BCUT2D eigenvalue weighted by Gasteiger charge is 2.20. The summed E-state index contributed by atoms with van der Waals surface area (Å²) in [6.45, 7) is 0. The average molecular weight is 306 g/mol. The molecule has 0 aliphatic heterocycles. The van der Waals surface area contributed by atoms with Crippen molar-refractivity contribution >= 4 is 28.3 Å². The molecule has 22 heavy (non-hydrogen) atoms. The van der Waals surface area contributed by atoms with Crippen LogP contribution in [0.1, 0.15) is 10.4 Å². The van der Waals surface area contributed by atoms with Crippen molar-refractivity contribution in [2.75, 3.05) is 0 Å². The second-order valence-electron chi connectivity index (χ2n) is 4.68. The van der Waals surface area contributed by atoms with Gasteiger partial charge >= 0.3 is 0 Å². The van der Waals surface area contributed by atoms with E-state index in [1.165, 1.54) is 11.3 Å². The second kappa shape index (κ2) is 5.16. The molecule has 0 saturated heterocycles. The summed E-state index contributed by atoms with van der Waals surface area (Å²) < 4.78 is 1.60. The smallest absolute Gasteiger partial charge is 0.265 e. The standard InChI is InChI=1S/C16H10N4OS/c21-16(11-4-3-7-17-8-11)20-14-6-2-1-5-12(14)19-15(20)13-9-22-10-18-13/h1-10H. The van der Waals surface area contributed by atoms with E-state index >= 15 is 0 Å². The molecule has 0 unspecified atom stereocenters. The number of thiazole rings is 1. The van der Waals surface area contributed by atoms with Crippen molar-refractivity contribution in [3.05, 3.63) is 65.2 Å². The molecule has 0 atom stereocenters. The Morgan fingerprint density at radius 1 is 1.14 bits per heavy atom. The maximum absolute atomic E-state index is 12.9. The number of imidazole rings is 1. The Morgan fingerprint density at radius 2 is 2.05 bits per heavy atom. The molecule has 106 valence electrons. The van der Waals surface area contributed by atoms with Crippen LogP contribution >= 0.6 is 11.3 Å². The molecule has 0 aliphatic rings. The minimum absolute atomic E-state index is 0.162. The molecule has 6 heteroatoms. The number of hydrogen-bond donors (Lipinski definition) is 0. The van der Waals surface area contributed by atoms with Gasteiger partial charge in [-0.3, -0.25) is 14.3 Å². The van der Waals surface area contributed by atoms with E-state index < -0.39 is 0 Å². The maximum atomic E-state index is 12.9. The Bertz CT molecular complexity index is 945. The van der Waals surface area contributed by atoms with E-state index in [2.05, 4.69) is 15.0 Å². The van der Waals surface area contributed by atoms with E-state index in [0.717, 1.165) is 11.0 Å². The molecule has 4 rings (SSSR count). The molecule has 0 radical (unpaired) electrons. The number of benzene rings is 1. The molecule has 5 nitrogen and oxygen atoms in total. The lowest BCUT2D eigenvalue weighted by molar-refractivity contribution is 0.0966. The minimum Gasteiger partial charge on any atom is -0.268 e. The third kappa shape index (κ3) is 2.01. The van der Waals surface area contributed by atoms with Gasteiger partial charge < -0.3 is 0 Å². The van der Waals surface area contributed by atoms with Crippen LogP contribution in [0.5, 0.6) is 0 Å². The zero-order valence-electron chi connectivity index (χ0n) is 11.4. The normalized spacial score (nSPS) is 10.9. The first kappa shape index (κ1) is 12.8. The summed E-state index contributed by atoms with van der Waals surface area (Å²) in [6.07, 6.45) is 3.20. The fourth-order valence-corrected chi connectivity index (χ4v) is 2.88. The van der Waals surface area contributed by atoms with Crippen molar-refractivity contribution in [2.45, 2.75) is 0 Å². The number of para-hydroxylation sites is 2. The molecule has 4 aromatic rings. The summed E-state index contributed by atoms with van der Waals surface area (Å²) >= 11 is 1.47. The van der Waals surface area contributed by atoms with Crippen LogP contribution in [-0.4, -0.2) is 25.4 Å². The molecule has 0 aliphatic carbocycles. The van der Waals surface area contributed by atoms with Crippen molar-refractivity contribution in [1.29, 1.82) is 0 Å². The van der Waals surface area contributed by atoms with E-state index in [4.69, 9.17) is 0 Å². The lowest BCUT2D eigenvalue weighted by atomic mass is 10.2. The van der Waals surface area contributed by atoms with Gasteiger partial charge in [0.05, 0.1) is 22.1 Å². The highest BCUT2D eigenvalue weighted by Crippen LogP contribution is 2.25.